The molecule has 0 saturated heterocycles. The van der Waals surface area contributed by atoms with Gasteiger partial charge in [0.1, 0.15) is 13.2 Å². The first kappa shape index (κ1) is 74.8. The summed E-state index contributed by atoms with van der Waals surface area (Å²) in [4.78, 5) is 38.4. The van der Waals surface area contributed by atoms with Gasteiger partial charge in [-0.3, -0.25) is 14.4 Å². The maximum Gasteiger partial charge on any atom is 0.306 e. The zero-order valence-electron chi connectivity index (χ0n) is 51.6. The molecule has 1 unspecified atom stereocenters. The zero-order chi connectivity index (χ0) is 57.1. The van der Waals surface area contributed by atoms with E-state index in [9.17, 15) is 14.4 Å². The molecule has 450 valence electrons. The molecule has 0 heterocycles. The van der Waals surface area contributed by atoms with E-state index in [-0.39, 0.29) is 31.1 Å². The number of hydrogen-bond donors (Lipinski definition) is 0. The lowest BCUT2D eigenvalue weighted by molar-refractivity contribution is -0.167. The summed E-state index contributed by atoms with van der Waals surface area (Å²) in [5.41, 5.74) is 0. The van der Waals surface area contributed by atoms with Crippen molar-refractivity contribution in [2.75, 3.05) is 13.2 Å². The number of carbonyl (C=O) groups excluding carboxylic acids is 3. The minimum absolute atomic E-state index is 0.0859. The first-order chi connectivity index (χ1) is 39.0. The quantitative estimate of drug-likeness (QED) is 0.0261. The third-order valence-electron chi connectivity index (χ3n) is 14.0. The van der Waals surface area contributed by atoms with Crippen LogP contribution in [0.25, 0.3) is 0 Å². The van der Waals surface area contributed by atoms with E-state index in [1.54, 1.807) is 0 Å². The standard InChI is InChI=1S/C73H122O6/c1-4-7-10-13-16-19-22-25-28-30-32-34-35-36-37-39-40-42-45-48-51-54-57-60-63-66-72(75)78-69-70(68-77-71(74)65-62-59-56-53-50-47-44-27-24-21-18-15-12-9-6-3)79-73(76)67-64-61-58-55-52-49-46-43-41-38-33-31-29-26-23-20-17-14-11-8-5-2/h7-8,10-11,16-17,19-20,25-26,28-29,32-34,36-38,40,42,70H,4-6,9,12-15,18,21-24,27,30-31,35,39,41,43-69H2,1-3H3/b10-7-,11-8-,19-16-,20-17-,28-25-,29-26-,34-32-,37-36-,38-33-,42-40-. The highest BCUT2D eigenvalue weighted by molar-refractivity contribution is 5.71. The van der Waals surface area contributed by atoms with Crippen LogP contribution in [-0.4, -0.2) is 37.2 Å². The average molecular weight is 1100 g/mol. The van der Waals surface area contributed by atoms with E-state index in [0.29, 0.717) is 19.3 Å². The van der Waals surface area contributed by atoms with Gasteiger partial charge in [0.2, 0.25) is 0 Å². The van der Waals surface area contributed by atoms with Crippen molar-refractivity contribution in [1.82, 2.24) is 0 Å². The molecule has 0 N–H and O–H groups in total. The molecule has 0 radical (unpaired) electrons. The van der Waals surface area contributed by atoms with E-state index in [2.05, 4.69) is 142 Å². The van der Waals surface area contributed by atoms with Gasteiger partial charge in [0.25, 0.3) is 0 Å². The maximum atomic E-state index is 12.9. The number of unbranched alkanes of at least 4 members (excludes halogenated alkanes) is 28. The number of esters is 3. The van der Waals surface area contributed by atoms with Gasteiger partial charge in [-0.15, -0.1) is 0 Å². The summed E-state index contributed by atoms with van der Waals surface area (Å²) < 4.78 is 16.9. The Morgan fingerprint density at radius 2 is 0.494 bits per heavy atom. The van der Waals surface area contributed by atoms with Gasteiger partial charge < -0.3 is 14.2 Å². The smallest absolute Gasteiger partial charge is 0.306 e. The predicted octanol–water partition coefficient (Wildman–Crippen LogP) is 22.8. The topological polar surface area (TPSA) is 78.9 Å². The first-order valence-corrected chi connectivity index (χ1v) is 33.0. The Hall–Kier alpha value is -4.19. The summed E-state index contributed by atoms with van der Waals surface area (Å²) in [6.07, 6.45) is 92.0. The van der Waals surface area contributed by atoms with Gasteiger partial charge in [0.15, 0.2) is 6.10 Å². The van der Waals surface area contributed by atoms with Crippen molar-refractivity contribution in [2.24, 2.45) is 0 Å². The Bertz CT molecular complexity index is 1640. The summed E-state index contributed by atoms with van der Waals surface area (Å²) in [6, 6.07) is 0. The van der Waals surface area contributed by atoms with Crippen molar-refractivity contribution in [3.05, 3.63) is 122 Å². The van der Waals surface area contributed by atoms with Crippen molar-refractivity contribution in [3.63, 3.8) is 0 Å². The third-order valence-corrected chi connectivity index (χ3v) is 14.0. The molecule has 0 aliphatic heterocycles. The van der Waals surface area contributed by atoms with Gasteiger partial charge in [-0.25, -0.2) is 0 Å². The summed E-state index contributed by atoms with van der Waals surface area (Å²) in [7, 11) is 0. The van der Waals surface area contributed by atoms with Gasteiger partial charge in [0, 0.05) is 19.3 Å². The Morgan fingerprint density at radius 3 is 0.772 bits per heavy atom. The van der Waals surface area contributed by atoms with Crippen LogP contribution in [0.1, 0.15) is 303 Å². The summed E-state index contributed by atoms with van der Waals surface area (Å²) >= 11 is 0. The van der Waals surface area contributed by atoms with Crippen LogP contribution in [0.3, 0.4) is 0 Å². The summed E-state index contributed by atoms with van der Waals surface area (Å²) in [5, 5.41) is 0. The van der Waals surface area contributed by atoms with Crippen molar-refractivity contribution in [3.8, 4) is 0 Å². The normalized spacial score (nSPS) is 12.9. The molecule has 0 spiro atoms. The average Bonchev–Trinajstić information content (AvgIpc) is 3.45. The molecule has 0 aromatic heterocycles. The van der Waals surface area contributed by atoms with Gasteiger partial charge >= 0.3 is 17.9 Å². The molecule has 0 aliphatic carbocycles. The molecule has 0 amide bonds. The lowest BCUT2D eigenvalue weighted by Gasteiger charge is -2.18. The molecule has 1 atom stereocenters. The fraction of sp³-hybridized carbons (Fsp3) is 0.685. The molecule has 0 aromatic carbocycles. The van der Waals surface area contributed by atoms with Crippen LogP contribution in [0.4, 0.5) is 0 Å². The number of carbonyl (C=O) groups is 3. The lowest BCUT2D eigenvalue weighted by atomic mass is 10.0. The molecule has 0 saturated carbocycles. The predicted molar refractivity (Wildman–Crippen MR) is 343 cm³/mol. The lowest BCUT2D eigenvalue weighted by Crippen LogP contribution is -2.30. The Labute approximate surface area is 488 Å². The first-order valence-electron chi connectivity index (χ1n) is 33.0. The molecule has 6 heteroatoms. The molecule has 79 heavy (non-hydrogen) atoms. The molecule has 0 aromatic rings. The highest BCUT2D eigenvalue weighted by Gasteiger charge is 2.19. The van der Waals surface area contributed by atoms with E-state index in [1.165, 1.54) is 122 Å². The van der Waals surface area contributed by atoms with Gasteiger partial charge in [-0.2, -0.15) is 0 Å². The number of rotatable bonds is 59. The van der Waals surface area contributed by atoms with Crippen LogP contribution in [0.2, 0.25) is 0 Å². The summed E-state index contributed by atoms with van der Waals surface area (Å²) in [5.74, 6) is -0.900. The van der Waals surface area contributed by atoms with Crippen LogP contribution < -0.4 is 0 Å². The fourth-order valence-corrected chi connectivity index (χ4v) is 9.09. The molecular weight excluding hydrogens is 973 g/mol. The molecule has 0 bridgehead atoms. The van der Waals surface area contributed by atoms with E-state index in [0.717, 1.165) is 141 Å². The van der Waals surface area contributed by atoms with Gasteiger partial charge in [0.05, 0.1) is 0 Å². The van der Waals surface area contributed by atoms with Crippen LogP contribution >= 0.6 is 0 Å². The fourth-order valence-electron chi connectivity index (χ4n) is 9.09. The van der Waals surface area contributed by atoms with Crippen LogP contribution in [0.5, 0.6) is 0 Å². The third kappa shape index (κ3) is 64.5. The minimum Gasteiger partial charge on any atom is -0.462 e. The van der Waals surface area contributed by atoms with E-state index in [1.807, 2.05) is 0 Å². The molecule has 6 nitrogen and oxygen atoms in total. The van der Waals surface area contributed by atoms with Crippen molar-refractivity contribution < 1.29 is 28.6 Å². The van der Waals surface area contributed by atoms with E-state index in [4.69, 9.17) is 14.2 Å². The Kier molecular flexibility index (Phi) is 62.8. The van der Waals surface area contributed by atoms with Gasteiger partial charge in [-0.1, -0.05) is 296 Å². The zero-order valence-corrected chi connectivity index (χ0v) is 51.6. The molecular formula is C73H122O6. The second-order valence-electron chi connectivity index (χ2n) is 21.6. The SMILES string of the molecule is CC/C=C\C/C=C\C/C=C\C/C=C\C/C=C\C/C=C\CCCCCCCCC(=O)OCC(COC(=O)CCCCCCCCCCCCCCCCC)OC(=O)CCCCCCCCCC/C=C\C/C=C\C/C=C\C/C=C\CC. The second kappa shape index (κ2) is 66.3. The van der Waals surface area contributed by atoms with E-state index >= 15 is 0 Å². The number of ether oxygens (including phenoxy) is 3. The largest absolute Gasteiger partial charge is 0.462 e. The number of allylic oxidation sites excluding steroid dienone is 20. The second-order valence-corrected chi connectivity index (χ2v) is 21.6. The van der Waals surface area contributed by atoms with Crippen LogP contribution in [-0.2, 0) is 28.6 Å². The monoisotopic (exact) mass is 1090 g/mol. The molecule has 0 rings (SSSR count). The van der Waals surface area contributed by atoms with Crippen LogP contribution in [0, 0.1) is 0 Å². The highest BCUT2D eigenvalue weighted by atomic mass is 16.6. The van der Waals surface area contributed by atoms with Crippen molar-refractivity contribution in [1.29, 1.82) is 0 Å². The highest BCUT2D eigenvalue weighted by Crippen LogP contribution is 2.16. The minimum atomic E-state index is -0.792. The number of hydrogen-bond acceptors (Lipinski definition) is 6. The van der Waals surface area contributed by atoms with Crippen molar-refractivity contribution >= 4 is 17.9 Å². The van der Waals surface area contributed by atoms with Gasteiger partial charge in [-0.05, 0) is 109 Å². The summed E-state index contributed by atoms with van der Waals surface area (Å²) in [6.45, 7) is 6.42. The Morgan fingerprint density at radius 1 is 0.266 bits per heavy atom. The molecule has 0 fully saturated rings. The Balaban J connectivity index is 4.41. The van der Waals surface area contributed by atoms with E-state index < -0.39 is 6.10 Å². The van der Waals surface area contributed by atoms with Crippen molar-refractivity contribution in [2.45, 2.75) is 309 Å². The maximum absolute atomic E-state index is 12.9. The van der Waals surface area contributed by atoms with Crippen LogP contribution in [0.15, 0.2) is 122 Å². The molecule has 0 aliphatic rings.